The number of pyridine rings is 1. The van der Waals surface area contributed by atoms with Crippen molar-refractivity contribution in [2.75, 3.05) is 24.2 Å². The highest BCUT2D eigenvalue weighted by Gasteiger charge is 2.08. The molecule has 100 valence electrons. The first-order chi connectivity index (χ1) is 9.08. The molecule has 3 nitrogen and oxygen atoms in total. The van der Waals surface area contributed by atoms with E-state index in [0.29, 0.717) is 0 Å². The van der Waals surface area contributed by atoms with E-state index in [0.717, 1.165) is 40.1 Å². The van der Waals surface area contributed by atoms with Gasteiger partial charge in [-0.1, -0.05) is 6.07 Å². The summed E-state index contributed by atoms with van der Waals surface area (Å²) < 4.78 is 1.03. The van der Waals surface area contributed by atoms with Crippen LogP contribution in [0.1, 0.15) is 11.3 Å². The van der Waals surface area contributed by atoms with Crippen molar-refractivity contribution in [2.45, 2.75) is 13.3 Å². The third kappa shape index (κ3) is 3.47. The molecule has 0 saturated heterocycles. The van der Waals surface area contributed by atoms with Gasteiger partial charge in [-0.05, 0) is 52.7 Å². The van der Waals surface area contributed by atoms with Crippen molar-refractivity contribution in [1.82, 2.24) is 4.98 Å². The molecule has 1 aromatic carbocycles. The average Bonchev–Trinajstić information content (AvgIpc) is 2.41. The second kappa shape index (κ2) is 6.06. The molecule has 0 aliphatic rings. The van der Waals surface area contributed by atoms with E-state index in [2.05, 4.69) is 45.0 Å². The quantitative estimate of drug-likeness (QED) is 0.878. The Morgan fingerprint density at radius 3 is 2.79 bits per heavy atom. The van der Waals surface area contributed by atoms with Crippen molar-refractivity contribution in [3.8, 4) is 0 Å². The second-order valence-corrected chi connectivity index (χ2v) is 5.51. The van der Waals surface area contributed by atoms with Crippen LogP contribution in [0, 0.1) is 6.92 Å². The van der Waals surface area contributed by atoms with Gasteiger partial charge < -0.3 is 10.6 Å². The Morgan fingerprint density at radius 2 is 2.11 bits per heavy atom. The van der Waals surface area contributed by atoms with E-state index >= 15 is 0 Å². The number of benzene rings is 1. The van der Waals surface area contributed by atoms with Gasteiger partial charge in [0.25, 0.3) is 0 Å². The zero-order valence-electron chi connectivity index (χ0n) is 11.2. The second-order valence-electron chi connectivity index (χ2n) is 4.65. The van der Waals surface area contributed by atoms with Gasteiger partial charge in [-0.15, -0.1) is 0 Å². The van der Waals surface area contributed by atoms with Crippen LogP contribution in [0.3, 0.4) is 0 Å². The number of nitrogens with zero attached hydrogens (tertiary/aromatic N) is 2. The Hall–Kier alpha value is -1.55. The number of likely N-dealkylation sites (N-methyl/N-ethyl adjacent to an activating group) is 1. The lowest BCUT2D eigenvalue weighted by Gasteiger charge is -2.21. The van der Waals surface area contributed by atoms with E-state index in [1.807, 2.05) is 31.3 Å². The molecule has 0 atom stereocenters. The fraction of sp³-hybridized carbons (Fsp3) is 0.267. The van der Waals surface area contributed by atoms with Gasteiger partial charge in [0.05, 0.1) is 5.69 Å². The van der Waals surface area contributed by atoms with Gasteiger partial charge in [-0.25, -0.2) is 0 Å². The summed E-state index contributed by atoms with van der Waals surface area (Å²) in [5.41, 5.74) is 10.1. The molecule has 0 amide bonds. The van der Waals surface area contributed by atoms with Crippen molar-refractivity contribution >= 4 is 27.3 Å². The molecule has 0 fully saturated rings. The minimum Gasteiger partial charge on any atom is -0.398 e. The molecule has 0 unspecified atom stereocenters. The van der Waals surface area contributed by atoms with E-state index in [9.17, 15) is 0 Å². The first-order valence-electron chi connectivity index (χ1n) is 6.24. The van der Waals surface area contributed by atoms with Crippen LogP contribution in [0.5, 0.6) is 0 Å². The summed E-state index contributed by atoms with van der Waals surface area (Å²) in [6.07, 6.45) is 2.76. The van der Waals surface area contributed by atoms with Crippen LogP contribution >= 0.6 is 15.9 Å². The van der Waals surface area contributed by atoms with Crippen LogP contribution in [0.15, 0.2) is 41.0 Å². The first-order valence-corrected chi connectivity index (χ1v) is 7.04. The van der Waals surface area contributed by atoms with E-state index < -0.39 is 0 Å². The van der Waals surface area contributed by atoms with E-state index in [4.69, 9.17) is 5.73 Å². The minimum atomic E-state index is 0.814. The SMILES string of the molecule is Cc1cc(N(C)CCc2ccccn2)c(Br)cc1N. The Labute approximate surface area is 122 Å². The lowest BCUT2D eigenvalue weighted by atomic mass is 10.1. The molecule has 0 spiro atoms. The maximum atomic E-state index is 5.90. The van der Waals surface area contributed by atoms with Crippen molar-refractivity contribution in [2.24, 2.45) is 0 Å². The largest absolute Gasteiger partial charge is 0.398 e. The Bertz CT molecular complexity index is 555. The number of hydrogen-bond acceptors (Lipinski definition) is 3. The monoisotopic (exact) mass is 319 g/mol. The van der Waals surface area contributed by atoms with Gasteiger partial charge >= 0.3 is 0 Å². The highest BCUT2D eigenvalue weighted by Crippen LogP contribution is 2.30. The molecular weight excluding hydrogens is 302 g/mol. The van der Waals surface area contributed by atoms with Gasteiger partial charge in [0.15, 0.2) is 0 Å². The number of nitrogens with two attached hydrogens (primary N) is 1. The van der Waals surface area contributed by atoms with E-state index in [1.165, 1.54) is 0 Å². The average molecular weight is 320 g/mol. The topological polar surface area (TPSA) is 42.2 Å². The van der Waals surface area contributed by atoms with Crippen molar-refractivity contribution in [1.29, 1.82) is 0 Å². The molecular formula is C15H18BrN3. The number of halogens is 1. The molecule has 1 aromatic heterocycles. The molecule has 2 aromatic rings. The van der Waals surface area contributed by atoms with Crippen LogP contribution in [0.25, 0.3) is 0 Å². The fourth-order valence-electron chi connectivity index (χ4n) is 1.92. The van der Waals surface area contributed by atoms with Crippen molar-refractivity contribution in [3.05, 3.63) is 52.3 Å². The number of rotatable bonds is 4. The summed E-state index contributed by atoms with van der Waals surface area (Å²) in [5, 5.41) is 0. The highest BCUT2D eigenvalue weighted by atomic mass is 79.9. The van der Waals surface area contributed by atoms with Gasteiger partial charge in [-0.2, -0.15) is 0 Å². The zero-order chi connectivity index (χ0) is 13.8. The number of hydrogen-bond donors (Lipinski definition) is 1. The molecule has 0 radical (unpaired) electrons. The lowest BCUT2D eigenvalue weighted by Crippen LogP contribution is -2.21. The molecule has 19 heavy (non-hydrogen) atoms. The Balaban J connectivity index is 2.08. The molecule has 0 aliphatic heterocycles. The first kappa shape index (κ1) is 13.9. The molecule has 1 heterocycles. The van der Waals surface area contributed by atoms with Crippen molar-refractivity contribution < 1.29 is 0 Å². The summed E-state index contributed by atoms with van der Waals surface area (Å²) in [5.74, 6) is 0. The molecule has 4 heteroatoms. The van der Waals surface area contributed by atoms with E-state index in [1.54, 1.807) is 0 Å². The van der Waals surface area contributed by atoms with Gasteiger partial charge in [0, 0.05) is 42.1 Å². The summed E-state index contributed by atoms with van der Waals surface area (Å²) in [6, 6.07) is 10.1. The number of aryl methyl sites for hydroxylation is 1. The minimum absolute atomic E-state index is 0.814. The summed E-state index contributed by atoms with van der Waals surface area (Å²) in [7, 11) is 2.08. The number of anilines is 2. The third-order valence-corrected chi connectivity index (χ3v) is 3.81. The van der Waals surface area contributed by atoms with Crippen LogP contribution in [0.4, 0.5) is 11.4 Å². The van der Waals surface area contributed by atoms with Crippen LogP contribution in [-0.2, 0) is 6.42 Å². The predicted octanol–water partition coefficient (Wildman–Crippen LogP) is 3.41. The van der Waals surface area contributed by atoms with Gasteiger partial charge in [-0.3, -0.25) is 4.98 Å². The maximum Gasteiger partial charge on any atom is 0.0512 e. The lowest BCUT2D eigenvalue weighted by molar-refractivity contribution is 0.850. The van der Waals surface area contributed by atoms with E-state index in [-0.39, 0.29) is 0 Å². The number of aromatic nitrogens is 1. The maximum absolute atomic E-state index is 5.90. The van der Waals surface area contributed by atoms with Gasteiger partial charge in [0.2, 0.25) is 0 Å². The standard InChI is InChI=1S/C15H18BrN3/c1-11-9-15(13(16)10-14(11)17)19(2)8-6-12-5-3-4-7-18-12/h3-5,7,9-10H,6,8,17H2,1-2H3. The number of nitrogen functional groups attached to an aromatic ring is 1. The molecule has 0 saturated carbocycles. The van der Waals surface area contributed by atoms with Crippen LogP contribution in [-0.4, -0.2) is 18.6 Å². The summed E-state index contributed by atoms with van der Waals surface area (Å²) >= 11 is 3.57. The highest BCUT2D eigenvalue weighted by molar-refractivity contribution is 9.10. The third-order valence-electron chi connectivity index (χ3n) is 3.18. The Kier molecular flexibility index (Phi) is 4.43. The normalized spacial score (nSPS) is 10.5. The summed E-state index contributed by atoms with van der Waals surface area (Å²) in [4.78, 5) is 6.55. The van der Waals surface area contributed by atoms with Gasteiger partial charge in [0.1, 0.15) is 0 Å². The molecule has 0 aliphatic carbocycles. The molecule has 2 N–H and O–H groups in total. The molecule has 2 rings (SSSR count). The Morgan fingerprint density at radius 1 is 1.32 bits per heavy atom. The fourth-order valence-corrected chi connectivity index (χ4v) is 2.59. The van der Waals surface area contributed by atoms with Crippen LogP contribution < -0.4 is 10.6 Å². The molecule has 0 bridgehead atoms. The predicted molar refractivity (Wildman–Crippen MR) is 84.5 cm³/mol. The van der Waals surface area contributed by atoms with Crippen LogP contribution in [0.2, 0.25) is 0 Å². The zero-order valence-corrected chi connectivity index (χ0v) is 12.8. The van der Waals surface area contributed by atoms with Crippen molar-refractivity contribution in [3.63, 3.8) is 0 Å². The summed E-state index contributed by atoms with van der Waals surface area (Å²) in [6.45, 7) is 2.94. The smallest absolute Gasteiger partial charge is 0.0512 e.